The highest BCUT2D eigenvalue weighted by Crippen LogP contribution is 2.26. The summed E-state index contributed by atoms with van der Waals surface area (Å²) in [5.74, 6) is 0.790. The van der Waals surface area contributed by atoms with Crippen LogP contribution in [-0.4, -0.2) is 38.8 Å². The molecule has 0 bridgehead atoms. The molecule has 0 heterocycles. The Morgan fingerprint density at radius 2 is 2.06 bits per heavy atom. The molecule has 4 nitrogen and oxygen atoms in total. The van der Waals surface area contributed by atoms with Crippen LogP contribution in [0.4, 0.5) is 0 Å². The standard InChI is InChI=1S/C13H26N2O2.ClH/c1-3-11-6-4-5-7-12(11)15-13(16)10-14-8-9-17-2;/h11-12,14H,3-10H2,1-2H3,(H,15,16);1H. The summed E-state index contributed by atoms with van der Waals surface area (Å²) >= 11 is 0. The second-order valence-electron chi connectivity index (χ2n) is 4.80. The smallest absolute Gasteiger partial charge is 0.234 e. The molecule has 0 aliphatic heterocycles. The molecule has 2 unspecified atom stereocenters. The lowest BCUT2D eigenvalue weighted by Crippen LogP contribution is -2.45. The van der Waals surface area contributed by atoms with Crippen LogP contribution in [0.25, 0.3) is 0 Å². The number of halogens is 1. The minimum atomic E-state index is 0. The average Bonchev–Trinajstić information content (AvgIpc) is 2.35. The van der Waals surface area contributed by atoms with Crippen LogP contribution in [0.5, 0.6) is 0 Å². The van der Waals surface area contributed by atoms with E-state index in [4.69, 9.17) is 4.74 Å². The van der Waals surface area contributed by atoms with Crippen molar-refractivity contribution in [2.24, 2.45) is 5.92 Å². The average molecular weight is 279 g/mol. The zero-order chi connectivity index (χ0) is 12.5. The molecule has 18 heavy (non-hydrogen) atoms. The van der Waals surface area contributed by atoms with Gasteiger partial charge in [0.15, 0.2) is 0 Å². The summed E-state index contributed by atoms with van der Waals surface area (Å²) in [5, 5.41) is 6.23. The summed E-state index contributed by atoms with van der Waals surface area (Å²) in [6, 6.07) is 0.394. The van der Waals surface area contributed by atoms with E-state index in [1.165, 1.54) is 25.7 Å². The van der Waals surface area contributed by atoms with Gasteiger partial charge in [0, 0.05) is 19.7 Å². The lowest BCUT2D eigenvalue weighted by atomic mass is 9.83. The molecule has 0 aromatic rings. The van der Waals surface area contributed by atoms with E-state index in [-0.39, 0.29) is 18.3 Å². The van der Waals surface area contributed by atoms with Crippen molar-refractivity contribution in [2.45, 2.75) is 45.1 Å². The van der Waals surface area contributed by atoms with Crippen LogP contribution in [-0.2, 0) is 9.53 Å². The molecule has 1 aliphatic rings. The normalized spacial score (nSPS) is 23.2. The monoisotopic (exact) mass is 278 g/mol. The van der Waals surface area contributed by atoms with Crippen LogP contribution in [0.15, 0.2) is 0 Å². The topological polar surface area (TPSA) is 50.4 Å². The van der Waals surface area contributed by atoms with Gasteiger partial charge in [-0.3, -0.25) is 4.79 Å². The van der Waals surface area contributed by atoms with Crippen molar-refractivity contribution >= 4 is 18.3 Å². The lowest BCUT2D eigenvalue weighted by molar-refractivity contribution is -0.121. The Morgan fingerprint density at radius 3 is 2.72 bits per heavy atom. The summed E-state index contributed by atoms with van der Waals surface area (Å²) in [7, 11) is 1.66. The number of amides is 1. The van der Waals surface area contributed by atoms with Gasteiger partial charge >= 0.3 is 0 Å². The number of hydrogen-bond donors (Lipinski definition) is 2. The molecule has 0 saturated heterocycles. The molecular weight excluding hydrogens is 252 g/mol. The van der Waals surface area contributed by atoms with E-state index in [9.17, 15) is 4.79 Å². The Labute approximate surface area is 117 Å². The number of methoxy groups -OCH3 is 1. The lowest BCUT2D eigenvalue weighted by Gasteiger charge is -2.31. The first-order valence-electron chi connectivity index (χ1n) is 6.77. The molecule has 1 fully saturated rings. The van der Waals surface area contributed by atoms with Gasteiger partial charge < -0.3 is 15.4 Å². The van der Waals surface area contributed by atoms with Gasteiger partial charge in [-0.1, -0.05) is 26.2 Å². The summed E-state index contributed by atoms with van der Waals surface area (Å²) in [6.45, 7) is 3.99. The van der Waals surface area contributed by atoms with Crippen LogP contribution < -0.4 is 10.6 Å². The van der Waals surface area contributed by atoms with Crippen molar-refractivity contribution in [2.75, 3.05) is 26.8 Å². The van der Waals surface area contributed by atoms with Gasteiger partial charge in [-0.15, -0.1) is 12.4 Å². The van der Waals surface area contributed by atoms with E-state index in [0.29, 0.717) is 25.1 Å². The highest BCUT2D eigenvalue weighted by atomic mass is 35.5. The Hall–Kier alpha value is -0.320. The van der Waals surface area contributed by atoms with Crippen LogP contribution in [0.1, 0.15) is 39.0 Å². The highest BCUT2D eigenvalue weighted by molar-refractivity contribution is 5.85. The molecule has 0 aromatic carbocycles. The molecule has 0 radical (unpaired) electrons. The number of hydrogen-bond acceptors (Lipinski definition) is 3. The van der Waals surface area contributed by atoms with E-state index >= 15 is 0 Å². The molecule has 2 atom stereocenters. The predicted molar refractivity (Wildman–Crippen MR) is 76.2 cm³/mol. The molecular formula is C13H27ClN2O2. The SMILES string of the molecule is CCC1CCCCC1NC(=O)CNCCOC.Cl. The number of ether oxygens (including phenoxy) is 1. The summed E-state index contributed by atoms with van der Waals surface area (Å²) in [4.78, 5) is 11.7. The van der Waals surface area contributed by atoms with Gasteiger partial charge in [0.2, 0.25) is 5.91 Å². The first-order valence-corrected chi connectivity index (χ1v) is 6.77. The first kappa shape index (κ1) is 17.7. The van der Waals surface area contributed by atoms with Crippen LogP contribution in [0.2, 0.25) is 0 Å². The zero-order valence-corrected chi connectivity index (χ0v) is 12.4. The van der Waals surface area contributed by atoms with Crippen LogP contribution >= 0.6 is 12.4 Å². The third-order valence-corrected chi connectivity index (χ3v) is 3.55. The Kier molecular flexibility index (Phi) is 10.4. The van der Waals surface area contributed by atoms with Crippen molar-refractivity contribution in [3.05, 3.63) is 0 Å². The Balaban J connectivity index is 0.00000289. The molecule has 1 rings (SSSR count). The van der Waals surface area contributed by atoms with Gasteiger partial charge in [-0.2, -0.15) is 0 Å². The van der Waals surface area contributed by atoms with Gasteiger partial charge in [0.1, 0.15) is 0 Å². The molecule has 1 aliphatic carbocycles. The van der Waals surface area contributed by atoms with Crippen molar-refractivity contribution in [3.8, 4) is 0 Å². The fraction of sp³-hybridized carbons (Fsp3) is 0.923. The van der Waals surface area contributed by atoms with Crippen molar-refractivity contribution in [1.82, 2.24) is 10.6 Å². The Morgan fingerprint density at radius 1 is 1.33 bits per heavy atom. The minimum Gasteiger partial charge on any atom is -0.383 e. The van der Waals surface area contributed by atoms with E-state index in [1.54, 1.807) is 7.11 Å². The fourth-order valence-corrected chi connectivity index (χ4v) is 2.52. The maximum atomic E-state index is 11.7. The van der Waals surface area contributed by atoms with Gasteiger partial charge in [0.25, 0.3) is 0 Å². The Bertz CT molecular complexity index is 227. The number of carbonyl (C=O) groups excluding carboxylic acids is 1. The number of nitrogens with one attached hydrogen (secondary N) is 2. The maximum absolute atomic E-state index is 11.7. The van der Waals surface area contributed by atoms with Crippen LogP contribution in [0, 0.1) is 5.92 Å². The van der Waals surface area contributed by atoms with Gasteiger partial charge in [-0.25, -0.2) is 0 Å². The minimum absolute atomic E-state index is 0. The third kappa shape index (κ3) is 6.57. The summed E-state index contributed by atoms with van der Waals surface area (Å²) in [5.41, 5.74) is 0. The van der Waals surface area contributed by atoms with E-state index in [0.717, 1.165) is 13.0 Å². The molecule has 2 N–H and O–H groups in total. The van der Waals surface area contributed by atoms with E-state index in [1.807, 2.05) is 0 Å². The molecule has 1 amide bonds. The molecule has 108 valence electrons. The molecule has 5 heteroatoms. The number of carbonyl (C=O) groups is 1. The van der Waals surface area contributed by atoms with Gasteiger partial charge in [0.05, 0.1) is 13.2 Å². The molecule has 0 spiro atoms. The highest BCUT2D eigenvalue weighted by Gasteiger charge is 2.24. The van der Waals surface area contributed by atoms with E-state index in [2.05, 4.69) is 17.6 Å². The summed E-state index contributed by atoms with van der Waals surface area (Å²) < 4.78 is 4.91. The van der Waals surface area contributed by atoms with Crippen molar-refractivity contribution in [1.29, 1.82) is 0 Å². The largest absolute Gasteiger partial charge is 0.383 e. The maximum Gasteiger partial charge on any atom is 0.234 e. The second-order valence-corrected chi connectivity index (χ2v) is 4.80. The fourth-order valence-electron chi connectivity index (χ4n) is 2.52. The second kappa shape index (κ2) is 10.6. The summed E-state index contributed by atoms with van der Waals surface area (Å²) in [6.07, 6.45) is 6.14. The van der Waals surface area contributed by atoms with Gasteiger partial charge in [-0.05, 0) is 18.8 Å². The molecule has 0 aromatic heterocycles. The van der Waals surface area contributed by atoms with Crippen molar-refractivity contribution in [3.63, 3.8) is 0 Å². The van der Waals surface area contributed by atoms with Crippen molar-refractivity contribution < 1.29 is 9.53 Å². The predicted octanol–water partition coefficient (Wildman–Crippen LogP) is 1.73. The first-order chi connectivity index (χ1) is 8.27. The molecule has 1 saturated carbocycles. The zero-order valence-electron chi connectivity index (χ0n) is 11.5. The van der Waals surface area contributed by atoms with E-state index < -0.39 is 0 Å². The number of rotatable bonds is 7. The van der Waals surface area contributed by atoms with Crippen LogP contribution in [0.3, 0.4) is 0 Å². The third-order valence-electron chi connectivity index (χ3n) is 3.55. The quantitative estimate of drug-likeness (QED) is 0.698.